The molecule has 0 unspecified atom stereocenters. The van der Waals surface area contributed by atoms with Crippen LogP contribution in [0.3, 0.4) is 0 Å². The summed E-state index contributed by atoms with van der Waals surface area (Å²) in [6, 6.07) is 18.0. The van der Waals surface area contributed by atoms with Crippen molar-refractivity contribution in [3.05, 3.63) is 82.1 Å². The molecular weight excluding hydrogens is 355 g/mol. The van der Waals surface area contributed by atoms with Crippen LogP contribution in [0.2, 0.25) is 5.02 Å². The summed E-state index contributed by atoms with van der Waals surface area (Å²) in [6.45, 7) is 2.24. The highest BCUT2D eigenvalue weighted by molar-refractivity contribution is 6.30. The summed E-state index contributed by atoms with van der Waals surface area (Å²) in [7, 11) is 0. The molecule has 3 aromatic carbocycles. The van der Waals surface area contributed by atoms with E-state index in [-0.39, 0.29) is 5.82 Å². The third-order valence-corrected chi connectivity index (χ3v) is 5.80. The first-order valence-electron chi connectivity index (χ1n) is 9.87. The van der Waals surface area contributed by atoms with Crippen LogP contribution in [0.1, 0.15) is 49.3 Å². The number of hydrogen-bond acceptors (Lipinski definition) is 0. The van der Waals surface area contributed by atoms with Crippen molar-refractivity contribution in [2.24, 2.45) is 0 Å². The molecule has 3 aromatic rings. The topological polar surface area (TPSA) is 0 Å². The van der Waals surface area contributed by atoms with Crippen LogP contribution in [0.5, 0.6) is 0 Å². The number of benzene rings is 3. The monoisotopic (exact) mass is 378 g/mol. The second-order valence-corrected chi connectivity index (χ2v) is 7.88. The van der Waals surface area contributed by atoms with Crippen molar-refractivity contribution in [3.63, 3.8) is 0 Å². The fourth-order valence-corrected chi connectivity index (χ4v) is 4.18. The lowest BCUT2D eigenvalue weighted by Crippen LogP contribution is -1.92. The van der Waals surface area contributed by atoms with Crippen LogP contribution < -0.4 is 0 Å². The van der Waals surface area contributed by atoms with Crippen molar-refractivity contribution in [2.75, 3.05) is 0 Å². The van der Waals surface area contributed by atoms with Gasteiger partial charge in [-0.15, -0.1) is 0 Å². The van der Waals surface area contributed by atoms with Gasteiger partial charge in [-0.3, -0.25) is 0 Å². The fraction of sp³-hybridized carbons (Fsp3) is 0.280. The van der Waals surface area contributed by atoms with Crippen molar-refractivity contribution in [3.8, 4) is 22.3 Å². The number of unbranched alkanes of at least 4 members (excludes halogenated alkanes) is 3. The van der Waals surface area contributed by atoms with Crippen molar-refractivity contribution in [1.82, 2.24) is 0 Å². The van der Waals surface area contributed by atoms with E-state index in [1.807, 2.05) is 30.3 Å². The van der Waals surface area contributed by atoms with Gasteiger partial charge in [-0.1, -0.05) is 80.3 Å². The minimum absolute atomic E-state index is 0.101. The standard InChI is InChI=1S/C25H24ClF/c1-2-3-4-5-6-17-7-12-21-19(15-17)16-24-23(21)14-13-22(25(24)27)18-8-10-20(26)11-9-18/h7-15H,2-6,16H2,1H3. The predicted molar refractivity (Wildman–Crippen MR) is 113 cm³/mol. The van der Waals surface area contributed by atoms with Gasteiger partial charge in [-0.25, -0.2) is 4.39 Å². The van der Waals surface area contributed by atoms with Crippen LogP contribution >= 0.6 is 11.6 Å². The molecule has 0 fully saturated rings. The lowest BCUT2D eigenvalue weighted by atomic mass is 9.98. The molecule has 0 heterocycles. The Morgan fingerprint density at radius 3 is 2.37 bits per heavy atom. The molecule has 0 nitrogen and oxygen atoms in total. The van der Waals surface area contributed by atoms with Gasteiger partial charge >= 0.3 is 0 Å². The molecule has 0 atom stereocenters. The maximum absolute atomic E-state index is 15.3. The fourth-order valence-electron chi connectivity index (χ4n) is 4.06. The largest absolute Gasteiger partial charge is 0.206 e. The second-order valence-electron chi connectivity index (χ2n) is 7.44. The molecule has 0 saturated carbocycles. The Balaban J connectivity index is 1.61. The Morgan fingerprint density at radius 1 is 0.852 bits per heavy atom. The van der Waals surface area contributed by atoms with Gasteiger partial charge in [-0.05, 0) is 52.8 Å². The second kappa shape index (κ2) is 7.86. The summed E-state index contributed by atoms with van der Waals surface area (Å²) >= 11 is 5.97. The molecule has 0 N–H and O–H groups in total. The Morgan fingerprint density at radius 2 is 1.59 bits per heavy atom. The summed E-state index contributed by atoms with van der Waals surface area (Å²) in [4.78, 5) is 0. The van der Waals surface area contributed by atoms with Crippen molar-refractivity contribution < 1.29 is 4.39 Å². The summed E-state index contributed by atoms with van der Waals surface area (Å²) in [5.41, 5.74) is 7.19. The summed E-state index contributed by atoms with van der Waals surface area (Å²) in [6.07, 6.45) is 6.87. The molecular formula is C25H24ClF. The molecule has 27 heavy (non-hydrogen) atoms. The summed E-state index contributed by atoms with van der Waals surface area (Å²) < 4.78 is 15.3. The zero-order valence-corrected chi connectivity index (χ0v) is 16.5. The molecule has 0 radical (unpaired) electrons. The van der Waals surface area contributed by atoms with Gasteiger partial charge in [0.25, 0.3) is 0 Å². The zero-order valence-electron chi connectivity index (χ0n) is 15.7. The minimum atomic E-state index is -0.101. The highest BCUT2D eigenvalue weighted by atomic mass is 35.5. The molecule has 0 spiro atoms. The Hall–Kier alpha value is -2.12. The number of aryl methyl sites for hydroxylation is 1. The molecule has 0 aromatic heterocycles. The van der Waals surface area contributed by atoms with Gasteiger partial charge in [0.2, 0.25) is 0 Å². The normalized spacial score (nSPS) is 12.1. The first-order valence-corrected chi connectivity index (χ1v) is 10.2. The molecule has 0 amide bonds. The van der Waals surface area contributed by atoms with Gasteiger partial charge < -0.3 is 0 Å². The number of fused-ring (bicyclic) bond motifs is 3. The predicted octanol–water partition coefficient (Wildman–Crippen LogP) is 7.84. The molecule has 0 saturated heterocycles. The molecule has 4 rings (SSSR count). The van der Waals surface area contributed by atoms with E-state index in [2.05, 4.69) is 31.2 Å². The maximum atomic E-state index is 15.3. The first-order chi connectivity index (χ1) is 13.2. The third kappa shape index (κ3) is 3.66. The molecule has 0 bridgehead atoms. The number of halogens is 2. The van der Waals surface area contributed by atoms with E-state index in [4.69, 9.17) is 11.6 Å². The van der Waals surface area contributed by atoms with Crippen molar-refractivity contribution in [2.45, 2.75) is 45.4 Å². The van der Waals surface area contributed by atoms with Crippen LogP contribution in [0.15, 0.2) is 54.6 Å². The van der Waals surface area contributed by atoms with Gasteiger partial charge in [0.1, 0.15) is 5.82 Å². The molecule has 1 aliphatic rings. The summed E-state index contributed by atoms with van der Waals surface area (Å²) in [5.74, 6) is -0.101. The Labute approximate surface area is 166 Å². The number of rotatable bonds is 6. The van der Waals surface area contributed by atoms with Gasteiger partial charge in [-0.2, -0.15) is 0 Å². The molecule has 138 valence electrons. The van der Waals surface area contributed by atoms with Crippen LogP contribution in [0.4, 0.5) is 4.39 Å². The van der Waals surface area contributed by atoms with E-state index in [1.54, 1.807) is 0 Å². The lowest BCUT2D eigenvalue weighted by molar-refractivity contribution is 0.620. The smallest absolute Gasteiger partial charge is 0.135 e. The highest BCUT2D eigenvalue weighted by Crippen LogP contribution is 2.41. The van der Waals surface area contributed by atoms with E-state index in [9.17, 15) is 0 Å². The minimum Gasteiger partial charge on any atom is -0.206 e. The van der Waals surface area contributed by atoms with E-state index < -0.39 is 0 Å². The van der Waals surface area contributed by atoms with Gasteiger partial charge in [0.15, 0.2) is 0 Å². The van der Waals surface area contributed by atoms with Crippen molar-refractivity contribution in [1.29, 1.82) is 0 Å². The third-order valence-electron chi connectivity index (χ3n) is 5.54. The van der Waals surface area contributed by atoms with Gasteiger partial charge in [0, 0.05) is 22.6 Å². The molecule has 2 heteroatoms. The first kappa shape index (κ1) is 18.3. The van der Waals surface area contributed by atoms with Gasteiger partial charge in [0.05, 0.1) is 0 Å². The zero-order chi connectivity index (χ0) is 18.8. The van der Waals surface area contributed by atoms with Crippen LogP contribution in [-0.4, -0.2) is 0 Å². The summed E-state index contributed by atoms with van der Waals surface area (Å²) in [5, 5.41) is 0.666. The lowest BCUT2D eigenvalue weighted by Gasteiger charge is -2.09. The number of hydrogen-bond donors (Lipinski definition) is 0. The molecule has 1 aliphatic carbocycles. The van der Waals surface area contributed by atoms with E-state index in [1.165, 1.54) is 42.4 Å². The Kier molecular flexibility index (Phi) is 5.31. The maximum Gasteiger partial charge on any atom is 0.135 e. The van der Waals surface area contributed by atoms with E-state index in [0.717, 1.165) is 23.1 Å². The SMILES string of the molecule is CCCCCCc1ccc2c(c1)Cc1c-2ccc(-c2ccc(Cl)cc2)c1F. The highest BCUT2D eigenvalue weighted by Gasteiger charge is 2.24. The van der Waals surface area contributed by atoms with Crippen LogP contribution in [-0.2, 0) is 12.8 Å². The van der Waals surface area contributed by atoms with Crippen molar-refractivity contribution >= 4 is 11.6 Å². The Bertz CT molecular complexity index is 957. The van der Waals surface area contributed by atoms with Crippen LogP contribution in [0, 0.1) is 5.82 Å². The van der Waals surface area contributed by atoms with E-state index in [0.29, 0.717) is 17.0 Å². The van der Waals surface area contributed by atoms with Crippen LogP contribution in [0.25, 0.3) is 22.3 Å². The average Bonchev–Trinajstić information content (AvgIpc) is 3.05. The average molecular weight is 379 g/mol. The van der Waals surface area contributed by atoms with E-state index >= 15 is 4.39 Å². The molecule has 0 aliphatic heterocycles. The quantitative estimate of drug-likeness (QED) is 0.300.